The third-order valence-corrected chi connectivity index (χ3v) is 3.82. The lowest BCUT2D eigenvalue weighted by molar-refractivity contribution is 0.0955. The molecule has 6 heteroatoms. The highest BCUT2D eigenvalue weighted by atomic mass is 79.9. The number of carbonyl (C=O) groups excluding carboxylic acids is 1. The highest BCUT2D eigenvalue weighted by molar-refractivity contribution is 9.10. The lowest BCUT2D eigenvalue weighted by atomic mass is 10.2. The number of hydrogen-bond donors (Lipinski definition) is 1. The molecule has 0 saturated carbocycles. The number of methoxy groups -OCH3 is 1. The molecule has 120 valence electrons. The zero-order valence-electron chi connectivity index (χ0n) is 13.2. The SMILES string of the molecule is COc1ccc(C(=O)N/N=C/c2ccc(N(C)C)cc2)cc1Br. The predicted molar refractivity (Wildman–Crippen MR) is 96.5 cm³/mol. The zero-order chi connectivity index (χ0) is 16.8. The van der Waals surface area contributed by atoms with Crippen LogP contribution in [-0.4, -0.2) is 33.3 Å². The second kappa shape index (κ2) is 7.78. The van der Waals surface area contributed by atoms with Crippen molar-refractivity contribution < 1.29 is 9.53 Å². The van der Waals surface area contributed by atoms with Crippen LogP contribution >= 0.6 is 15.9 Å². The fraction of sp³-hybridized carbons (Fsp3) is 0.176. The first-order valence-corrected chi connectivity index (χ1v) is 7.75. The Morgan fingerprint density at radius 3 is 2.48 bits per heavy atom. The van der Waals surface area contributed by atoms with Crippen molar-refractivity contribution in [3.63, 3.8) is 0 Å². The Bertz CT molecular complexity index is 712. The molecule has 5 nitrogen and oxygen atoms in total. The van der Waals surface area contributed by atoms with Crippen LogP contribution in [0.5, 0.6) is 5.75 Å². The number of ether oxygens (including phenoxy) is 1. The first kappa shape index (κ1) is 17.0. The number of hydrogen-bond acceptors (Lipinski definition) is 4. The van der Waals surface area contributed by atoms with Gasteiger partial charge in [-0.3, -0.25) is 4.79 Å². The molecule has 0 unspecified atom stereocenters. The summed E-state index contributed by atoms with van der Waals surface area (Å²) >= 11 is 3.35. The fourth-order valence-corrected chi connectivity index (χ4v) is 2.44. The summed E-state index contributed by atoms with van der Waals surface area (Å²) in [6.07, 6.45) is 1.61. The molecular formula is C17H18BrN3O2. The Morgan fingerprint density at radius 2 is 1.91 bits per heavy atom. The minimum absolute atomic E-state index is 0.283. The monoisotopic (exact) mass is 375 g/mol. The van der Waals surface area contributed by atoms with Gasteiger partial charge in [0.15, 0.2) is 0 Å². The number of hydrazone groups is 1. The van der Waals surface area contributed by atoms with Gasteiger partial charge in [-0.2, -0.15) is 5.10 Å². The number of nitrogens with one attached hydrogen (secondary N) is 1. The van der Waals surface area contributed by atoms with Crippen molar-refractivity contribution in [2.75, 3.05) is 26.1 Å². The molecule has 0 fully saturated rings. The summed E-state index contributed by atoms with van der Waals surface area (Å²) in [5, 5.41) is 3.98. The van der Waals surface area contributed by atoms with E-state index in [4.69, 9.17) is 4.74 Å². The number of benzene rings is 2. The molecule has 2 aromatic rings. The normalized spacial score (nSPS) is 10.6. The van der Waals surface area contributed by atoms with Gasteiger partial charge < -0.3 is 9.64 Å². The maximum Gasteiger partial charge on any atom is 0.271 e. The summed E-state index contributed by atoms with van der Waals surface area (Å²) in [6.45, 7) is 0. The molecule has 0 spiro atoms. The Hall–Kier alpha value is -2.34. The third-order valence-electron chi connectivity index (χ3n) is 3.20. The van der Waals surface area contributed by atoms with Crippen LogP contribution in [0.25, 0.3) is 0 Å². The van der Waals surface area contributed by atoms with Crippen LogP contribution in [0.2, 0.25) is 0 Å². The molecule has 2 rings (SSSR count). The van der Waals surface area contributed by atoms with Gasteiger partial charge in [0.2, 0.25) is 0 Å². The largest absolute Gasteiger partial charge is 0.496 e. The van der Waals surface area contributed by atoms with Crippen LogP contribution in [0, 0.1) is 0 Å². The number of amides is 1. The number of anilines is 1. The molecule has 2 aromatic carbocycles. The zero-order valence-corrected chi connectivity index (χ0v) is 14.8. The molecule has 0 aliphatic rings. The van der Waals surface area contributed by atoms with E-state index in [1.807, 2.05) is 43.3 Å². The molecule has 1 amide bonds. The summed E-state index contributed by atoms with van der Waals surface area (Å²) in [5.41, 5.74) is 5.02. The Morgan fingerprint density at radius 1 is 1.22 bits per heavy atom. The van der Waals surface area contributed by atoms with E-state index >= 15 is 0 Å². The summed E-state index contributed by atoms with van der Waals surface area (Å²) in [6, 6.07) is 13.0. The van der Waals surface area contributed by atoms with E-state index in [-0.39, 0.29) is 5.91 Å². The van der Waals surface area contributed by atoms with E-state index in [0.717, 1.165) is 15.7 Å². The topological polar surface area (TPSA) is 53.9 Å². The summed E-state index contributed by atoms with van der Waals surface area (Å²) in [7, 11) is 5.54. The first-order valence-electron chi connectivity index (χ1n) is 6.95. The standard InChI is InChI=1S/C17H18BrN3O2/c1-21(2)14-7-4-12(5-8-14)11-19-20-17(22)13-6-9-16(23-3)15(18)10-13/h4-11H,1-3H3,(H,20,22)/b19-11+. The number of rotatable bonds is 5. The van der Waals surface area contributed by atoms with Crippen molar-refractivity contribution in [2.24, 2.45) is 5.10 Å². The fourth-order valence-electron chi connectivity index (χ4n) is 1.90. The van der Waals surface area contributed by atoms with Crippen LogP contribution in [0.15, 0.2) is 52.0 Å². The molecule has 0 bridgehead atoms. The third kappa shape index (κ3) is 4.56. The van der Waals surface area contributed by atoms with E-state index in [0.29, 0.717) is 11.3 Å². The van der Waals surface area contributed by atoms with E-state index in [1.165, 1.54) is 0 Å². The summed E-state index contributed by atoms with van der Waals surface area (Å²) in [5.74, 6) is 0.389. The van der Waals surface area contributed by atoms with Gasteiger partial charge in [0.1, 0.15) is 5.75 Å². The van der Waals surface area contributed by atoms with Gasteiger partial charge in [0, 0.05) is 25.3 Å². The lowest BCUT2D eigenvalue weighted by Gasteiger charge is -2.11. The van der Waals surface area contributed by atoms with Gasteiger partial charge in [0.05, 0.1) is 17.8 Å². The van der Waals surface area contributed by atoms with Crippen LogP contribution in [0.1, 0.15) is 15.9 Å². The maximum atomic E-state index is 12.0. The highest BCUT2D eigenvalue weighted by Crippen LogP contribution is 2.25. The van der Waals surface area contributed by atoms with E-state index in [2.05, 4.69) is 26.5 Å². The molecular weight excluding hydrogens is 358 g/mol. The molecule has 0 radical (unpaired) electrons. The van der Waals surface area contributed by atoms with Crippen molar-refractivity contribution >= 4 is 33.7 Å². The van der Waals surface area contributed by atoms with Crippen LogP contribution in [0.4, 0.5) is 5.69 Å². The molecule has 0 aliphatic carbocycles. The van der Waals surface area contributed by atoms with Gasteiger partial charge in [0.25, 0.3) is 5.91 Å². The van der Waals surface area contributed by atoms with Crippen LogP contribution < -0.4 is 15.1 Å². The smallest absolute Gasteiger partial charge is 0.271 e. The van der Waals surface area contributed by atoms with Crippen molar-refractivity contribution in [3.8, 4) is 5.75 Å². The average Bonchev–Trinajstić information content (AvgIpc) is 2.55. The van der Waals surface area contributed by atoms with Gasteiger partial charge in [-0.25, -0.2) is 5.43 Å². The van der Waals surface area contributed by atoms with E-state index < -0.39 is 0 Å². The van der Waals surface area contributed by atoms with Crippen molar-refractivity contribution in [1.82, 2.24) is 5.43 Å². The summed E-state index contributed by atoms with van der Waals surface area (Å²) < 4.78 is 5.85. The van der Waals surface area contributed by atoms with E-state index in [1.54, 1.807) is 31.5 Å². The van der Waals surface area contributed by atoms with Crippen molar-refractivity contribution in [3.05, 3.63) is 58.1 Å². The Balaban J connectivity index is 1.99. The van der Waals surface area contributed by atoms with Gasteiger partial charge in [-0.1, -0.05) is 12.1 Å². The summed E-state index contributed by atoms with van der Waals surface area (Å²) in [4.78, 5) is 14.1. The van der Waals surface area contributed by atoms with Crippen molar-refractivity contribution in [1.29, 1.82) is 0 Å². The molecule has 0 heterocycles. The van der Waals surface area contributed by atoms with Gasteiger partial charge >= 0.3 is 0 Å². The van der Waals surface area contributed by atoms with Gasteiger partial charge in [-0.05, 0) is 51.8 Å². The quantitative estimate of drug-likeness (QED) is 0.644. The van der Waals surface area contributed by atoms with Crippen molar-refractivity contribution in [2.45, 2.75) is 0 Å². The van der Waals surface area contributed by atoms with Gasteiger partial charge in [-0.15, -0.1) is 0 Å². The van der Waals surface area contributed by atoms with E-state index in [9.17, 15) is 4.79 Å². The molecule has 0 saturated heterocycles. The molecule has 23 heavy (non-hydrogen) atoms. The maximum absolute atomic E-state index is 12.0. The molecule has 0 aromatic heterocycles. The number of nitrogens with zero attached hydrogens (tertiary/aromatic N) is 2. The Labute approximate surface area is 144 Å². The average molecular weight is 376 g/mol. The minimum Gasteiger partial charge on any atom is -0.496 e. The Kier molecular flexibility index (Phi) is 5.76. The van der Waals surface area contributed by atoms with Crippen LogP contribution in [-0.2, 0) is 0 Å². The molecule has 0 atom stereocenters. The number of halogens is 1. The number of carbonyl (C=O) groups is 1. The molecule has 1 N–H and O–H groups in total. The molecule has 0 aliphatic heterocycles. The minimum atomic E-state index is -0.283. The lowest BCUT2D eigenvalue weighted by Crippen LogP contribution is -2.17. The second-order valence-electron chi connectivity index (χ2n) is 5.03. The van der Waals surface area contributed by atoms with Crippen LogP contribution in [0.3, 0.4) is 0 Å². The highest BCUT2D eigenvalue weighted by Gasteiger charge is 2.07. The first-order chi connectivity index (χ1) is 11.0. The predicted octanol–water partition coefficient (Wildman–Crippen LogP) is 3.29. The second-order valence-corrected chi connectivity index (χ2v) is 5.89.